The van der Waals surface area contributed by atoms with Crippen LogP contribution in [-0.4, -0.2) is 60.1 Å². The number of nitrogens with zero attached hydrogens (tertiary/aromatic N) is 2. The fourth-order valence-electron chi connectivity index (χ4n) is 2.82. The average Bonchev–Trinajstić information content (AvgIpc) is 2.76. The molecule has 0 unspecified atom stereocenters. The van der Waals surface area contributed by atoms with E-state index in [-0.39, 0.29) is 18.4 Å². The molecule has 6 heteroatoms. The molecule has 0 saturated carbocycles. The van der Waals surface area contributed by atoms with E-state index in [1.807, 2.05) is 9.80 Å². The molecule has 1 aliphatic rings. The van der Waals surface area contributed by atoms with Crippen molar-refractivity contribution in [3.63, 3.8) is 0 Å². The highest BCUT2D eigenvalue weighted by molar-refractivity contribution is 7.99. The summed E-state index contributed by atoms with van der Waals surface area (Å²) in [7, 11) is 0. The van der Waals surface area contributed by atoms with E-state index in [2.05, 4.69) is 32.0 Å². The van der Waals surface area contributed by atoms with Gasteiger partial charge in [0.25, 0.3) is 0 Å². The Morgan fingerprint density at radius 2 is 1.92 bits per heavy atom. The Morgan fingerprint density at radius 1 is 1.12 bits per heavy atom. The number of hydrogen-bond acceptors (Lipinski definition) is 4. The fourth-order valence-corrected chi connectivity index (χ4v) is 3.75. The molecular weight excluding hydrogens is 322 g/mol. The van der Waals surface area contributed by atoms with Gasteiger partial charge in [-0.3, -0.25) is 14.5 Å². The summed E-state index contributed by atoms with van der Waals surface area (Å²) in [4.78, 5) is 28.6. The van der Waals surface area contributed by atoms with Crippen molar-refractivity contribution in [1.82, 2.24) is 9.80 Å². The lowest BCUT2D eigenvalue weighted by atomic mass is 10.1. The van der Waals surface area contributed by atoms with Crippen LogP contribution in [0.1, 0.15) is 24.0 Å². The van der Waals surface area contributed by atoms with Gasteiger partial charge < -0.3 is 10.6 Å². The summed E-state index contributed by atoms with van der Waals surface area (Å²) in [5.41, 5.74) is 7.82. The Kier molecular flexibility index (Phi) is 7.12. The van der Waals surface area contributed by atoms with E-state index in [0.29, 0.717) is 13.0 Å². The molecule has 2 N–H and O–H groups in total. The summed E-state index contributed by atoms with van der Waals surface area (Å²) >= 11 is 1.73. The van der Waals surface area contributed by atoms with Gasteiger partial charge in [0.05, 0.1) is 6.54 Å². The quantitative estimate of drug-likeness (QED) is 0.796. The summed E-state index contributed by atoms with van der Waals surface area (Å²) < 4.78 is 0. The van der Waals surface area contributed by atoms with Gasteiger partial charge in [-0.15, -0.1) is 11.8 Å². The first kappa shape index (κ1) is 18.8. The van der Waals surface area contributed by atoms with Crippen molar-refractivity contribution in [2.75, 3.05) is 38.5 Å². The van der Waals surface area contributed by atoms with Crippen LogP contribution < -0.4 is 5.73 Å². The van der Waals surface area contributed by atoms with E-state index < -0.39 is 0 Å². The molecule has 1 saturated heterocycles. The van der Waals surface area contributed by atoms with Crippen molar-refractivity contribution in [2.45, 2.75) is 31.6 Å². The normalized spacial score (nSPS) is 16.0. The minimum Gasteiger partial charge on any atom is -0.369 e. The monoisotopic (exact) mass is 349 g/mol. The minimum absolute atomic E-state index is 0.201. The molecule has 0 atom stereocenters. The zero-order valence-corrected chi connectivity index (χ0v) is 15.4. The second-order valence-corrected chi connectivity index (χ2v) is 7.49. The first-order chi connectivity index (χ1) is 11.5. The second kappa shape index (κ2) is 9.08. The topological polar surface area (TPSA) is 66.6 Å². The van der Waals surface area contributed by atoms with Crippen LogP contribution in [0.2, 0.25) is 0 Å². The maximum Gasteiger partial charge on any atom is 0.231 e. The van der Waals surface area contributed by atoms with Crippen LogP contribution in [0.25, 0.3) is 0 Å². The third-order valence-electron chi connectivity index (χ3n) is 4.38. The SMILES string of the molecule is Cc1ccc(SCCC(=O)N2CCCN(CC(N)=O)CC2)cc1C. The molecule has 5 nitrogen and oxygen atoms in total. The number of thioether (sulfide) groups is 1. The van der Waals surface area contributed by atoms with E-state index in [9.17, 15) is 9.59 Å². The molecule has 1 aliphatic heterocycles. The zero-order valence-electron chi connectivity index (χ0n) is 14.6. The number of amides is 2. The molecule has 0 bridgehead atoms. The molecule has 0 aliphatic carbocycles. The van der Waals surface area contributed by atoms with Gasteiger partial charge in [0.2, 0.25) is 11.8 Å². The summed E-state index contributed by atoms with van der Waals surface area (Å²) in [5.74, 6) is 0.690. The number of benzene rings is 1. The van der Waals surface area contributed by atoms with Gasteiger partial charge in [-0.05, 0) is 43.5 Å². The molecule has 2 amide bonds. The molecule has 1 aromatic carbocycles. The van der Waals surface area contributed by atoms with Crippen molar-refractivity contribution >= 4 is 23.6 Å². The Hall–Kier alpha value is -1.53. The predicted molar refractivity (Wildman–Crippen MR) is 98.1 cm³/mol. The van der Waals surface area contributed by atoms with Crippen LogP contribution in [-0.2, 0) is 9.59 Å². The number of aryl methyl sites for hydroxylation is 2. The standard InChI is InChI=1S/C18H27N3O2S/c1-14-4-5-16(12-15(14)2)24-11-6-18(23)21-8-3-7-20(9-10-21)13-17(19)22/h4-5,12H,3,6-11,13H2,1-2H3,(H2,19,22). The molecular formula is C18H27N3O2S. The van der Waals surface area contributed by atoms with Crippen LogP contribution in [0.4, 0.5) is 0 Å². The zero-order chi connectivity index (χ0) is 17.5. The average molecular weight is 350 g/mol. The van der Waals surface area contributed by atoms with Crippen molar-refractivity contribution < 1.29 is 9.59 Å². The summed E-state index contributed by atoms with van der Waals surface area (Å²) in [6.45, 7) is 7.49. The van der Waals surface area contributed by atoms with E-state index in [0.717, 1.165) is 31.8 Å². The first-order valence-electron chi connectivity index (χ1n) is 8.44. The van der Waals surface area contributed by atoms with Crippen molar-refractivity contribution in [3.8, 4) is 0 Å². The van der Waals surface area contributed by atoms with Gasteiger partial charge >= 0.3 is 0 Å². The molecule has 0 aromatic heterocycles. The number of primary amides is 1. The highest BCUT2D eigenvalue weighted by Crippen LogP contribution is 2.22. The van der Waals surface area contributed by atoms with Crippen molar-refractivity contribution in [1.29, 1.82) is 0 Å². The van der Waals surface area contributed by atoms with E-state index in [1.165, 1.54) is 16.0 Å². The molecule has 0 radical (unpaired) electrons. The first-order valence-corrected chi connectivity index (χ1v) is 9.43. The molecule has 132 valence electrons. The fraction of sp³-hybridized carbons (Fsp3) is 0.556. The third kappa shape index (κ3) is 5.83. The molecule has 1 heterocycles. The number of carbonyl (C=O) groups excluding carboxylic acids is 2. The highest BCUT2D eigenvalue weighted by Gasteiger charge is 2.19. The molecule has 0 spiro atoms. The summed E-state index contributed by atoms with van der Waals surface area (Å²) in [6.07, 6.45) is 1.44. The molecule has 1 aromatic rings. The number of carbonyl (C=O) groups is 2. The van der Waals surface area contributed by atoms with Crippen molar-refractivity contribution in [2.24, 2.45) is 5.73 Å². The van der Waals surface area contributed by atoms with E-state index in [4.69, 9.17) is 5.73 Å². The van der Waals surface area contributed by atoms with Gasteiger partial charge in [-0.25, -0.2) is 0 Å². The second-order valence-electron chi connectivity index (χ2n) is 6.32. The van der Waals surface area contributed by atoms with Gasteiger partial charge in [-0.2, -0.15) is 0 Å². The Labute approximate surface area is 148 Å². The largest absolute Gasteiger partial charge is 0.369 e. The van der Waals surface area contributed by atoms with Crippen LogP contribution in [0, 0.1) is 13.8 Å². The number of rotatable bonds is 6. The van der Waals surface area contributed by atoms with Crippen LogP contribution in [0.5, 0.6) is 0 Å². The number of hydrogen-bond donors (Lipinski definition) is 1. The Morgan fingerprint density at radius 3 is 2.62 bits per heavy atom. The smallest absolute Gasteiger partial charge is 0.231 e. The Bertz CT molecular complexity index is 592. The molecule has 2 rings (SSSR count). The van der Waals surface area contributed by atoms with E-state index >= 15 is 0 Å². The molecule has 1 fully saturated rings. The summed E-state index contributed by atoms with van der Waals surface area (Å²) in [5, 5.41) is 0. The van der Waals surface area contributed by atoms with E-state index in [1.54, 1.807) is 11.8 Å². The van der Waals surface area contributed by atoms with Crippen molar-refractivity contribution in [3.05, 3.63) is 29.3 Å². The van der Waals surface area contributed by atoms with Crippen LogP contribution >= 0.6 is 11.8 Å². The third-order valence-corrected chi connectivity index (χ3v) is 5.38. The number of nitrogens with two attached hydrogens (primary N) is 1. The lowest BCUT2D eigenvalue weighted by Gasteiger charge is -2.21. The summed E-state index contributed by atoms with van der Waals surface area (Å²) in [6, 6.07) is 6.42. The van der Waals surface area contributed by atoms with Gasteiger partial charge in [0.15, 0.2) is 0 Å². The lowest BCUT2D eigenvalue weighted by Crippen LogP contribution is -2.38. The maximum absolute atomic E-state index is 12.4. The van der Waals surface area contributed by atoms with Crippen LogP contribution in [0.15, 0.2) is 23.1 Å². The van der Waals surface area contributed by atoms with Crippen LogP contribution in [0.3, 0.4) is 0 Å². The maximum atomic E-state index is 12.4. The lowest BCUT2D eigenvalue weighted by molar-refractivity contribution is -0.130. The Balaban J connectivity index is 1.75. The van der Waals surface area contributed by atoms with Gasteiger partial charge in [-0.1, -0.05) is 6.07 Å². The molecule has 24 heavy (non-hydrogen) atoms. The van der Waals surface area contributed by atoms with Gasteiger partial charge in [0, 0.05) is 43.2 Å². The van der Waals surface area contributed by atoms with Gasteiger partial charge in [0.1, 0.15) is 0 Å². The highest BCUT2D eigenvalue weighted by atomic mass is 32.2. The predicted octanol–water partition coefficient (Wildman–Crippen LogP) is 1.81. The minimum atomic E-state index is -0.306.